The fourth-order valence-electron chi connectivity index (χ4n) is 7.64. The maximum absolute atomic E-state index is 6.49. The van der Waals surface area contributed by atoms with Crippen molar-refractivity contribution in [1.29, 1.82) is 0 Å². The number of benzene rings is 2. The standard InChI is InChI=1S/C33H46B2O4/c1-27(2)19-33(25-17-21(13-15-23(25)27)34-36-29(5,6)30(7,8)37-34)20-28(3,4)24-16-14-22(18-26(24)33)35-38-31(9,10)32(11,12)39-35/h13-18H,19-20H2,1-12H3. The van der Waals surface area contributed by atoms with Gasteiger partial charge in [-0.3, -0.25) is 0 Å². The van der Waals surface area contributed by atoms with Crippen molar-refractivity contribution in [3.8, 4) is 0 Å². The normalized spacial score (nSPS) is 27.7. The third-order valence-corrected chi connectivity index (χ3v) is 11.1. The molecule has 208 valence electrons. The predicted octanol–water partition coefficient (Wildman–Crippen LogP) is 5.93. The van der Waals surface area contributed by atoms with E-state index >= 15 is 0 Å². The Balaban J connectivity index is 1.48. The van der Waals surface area contributed by atoms with Gasteiger partial charge in [0.1, 0.15) is 0 Å². The van der Waals surface area contributed by atoms with Crippen LogP contribution in [0.25, 0.3) is 0 Å². The molecular formula is C33H46B2O4. The summed E-state index contributed by atoms with van der Waals surface area (Å²) in [6, 6.07) is 13.9. The van der Waals surface area contributed by atoms with Crippen molar-refractivity contribution in [1.82, 2.24) is 0 Å². The maximum atomic E-state index is 6.49. The molecule has 0 aromatic heterocycles. The average Bonchev–Trinajstić information content (AvgIpc) is 3.34. The first-order chi connectivity index (χ1) is 17.7. The molecule has 0 saturated carbocycles. The highest BCUT2D eigenvalue weighted by Crippen LogP contribution is 2.62. The summed E-state index contributed by atoms with van der Waals surface area (Å²) in [5.41, 5.74) is 6.51. The Morgan fingerprint density at radius 3 is 1.08 bits per heavy atom. The van der Waals surface area contributed by atoms with E-state index in [0.29, 0.717) is 0 Å². The van der Waals surface area contributed by atoms with Crippen LogP contribution in [-0.4, -0.2) is 36.6 Å². The van der Waals surface area contributed by atoms with E-state index in [9.17, 15) is 0 Å². The second-order valence-electron chi connectivity index (χ2n) is 16.0. The fourth-order valence-corrected chi connectivity index (χ4v) is 7.64. The van der Waals surface area contributed by atoms with Gasteiger partial charge in [-0.2, -0.15) is 0 Å². The minimum Gasteiger partial charge on any atom is -0.399 e. The van der Waals surface area contributed by atoms with Crippen LogP contribution >= 0.6 is 0 Å². The summed E-state index contributed by atoms with van der Waals surface area (Å²) in [7, 11) is -0.739. The van der Waals surface area contributed by atoms with Gasteiger partial charge in [-0.15, -0.1) is 0 Å². The summed E-state index contributed by atoms with van der Waals surface area (Å²) in [6.07, 6.45) is 2.15. The molecule has 0 atom stereocenters. The Morgan fingerprint density at radius 1 is 0.462 bits per heavy atom. The number of fused-ring (bicyclic) bond motifs is 4. The molecule has 0 radical (unpaired) electrons. The SMILES string of the molecule is CC1(C)CC2(CC(C)(C)c3ccc(B4OC(C)(C)C(C)(C)O4)cc32)c2cc(B3OC(C)(C)C(C)(C)O3)ccc21. The zero-order chi connectivity index (χ0) is 28.6. The molecule has 4 aliphatic rings. The summed E-state index contributed by atoms with van der Waals surface area (Å²) in [6.45, 7) is 26.6. The van der Waals surface area contributed by atoms with Gasteiger partial charge >= 0.3 is 14.2 Å². The topological polar surface area (TPSA) is 36.9 Å². The minimum absolute atomic E-state index is 0.0574. The molecule has 2 aliphatic carbocycles. The van der Waals surface area contributed by atoms with E-state index in [4.69, 9.17) is 18.6 Å². The van der Waals surface area contributed by atoms with Gasteiger partial charge in [0.2, 0.25) is 0 Å². The quantitative estimate of drug-likeness (QED) is 0.453. The zero-order valence-corrected chi connectivity index (χ0v) is 26.2. The average molecular weight is 528 g/mol. The van der Waals surface area contributed by atoms with Crippen LogP contribution in [-0.2, 0) is 34.9 Å². The summed E-state index contributed by atoms with van der Waals surface area (Å²) in [5.74, 6) is 0. The Morgan fingerprint density at radius 2 is 0.769 bits per heavy atom. The van der Waals surface area contributed by atoms with E-state index in [1.165, 1.54) is 22.3 Å². The van der Waals surface area contributed by atoms with Gasteiger partial charge in [0.25, 0.3) is 0 Å². The molecule has 4 nitrogen and oxygen atoms in total. The van der Waals surface area contributed by atoms with Gasteiger partial charge in [-0.25, -0.2) is 0 Å². The van der Waals surface area contributed by atoms with Crippen molar-refractivity contribution < 1.29 is 18.6 Å². The van der Waals surface area contributed by atoms with Crippen LogP contribution in [0.4, 0.5) is 0 Å². The van der Waals surface area contributed by atoms with Crippen molar-refractivity contribution in [2.45, 2.75) is 135 Å². The fraction of sp³-hybridized carbons (Fsp3) is 0.636. The lowest BCUT2D eigenvalue weighted by Gasteiger charge is -2.32. The number of rotatable bonds is 2. The molecule has 39 heavy (non-hydrogen) atoms. The molecule has 2 aromatic carbocycles. The van der Waals surface area contributed by atoms with Crippen LogP contribution in [0.1, 0.15) is 118 Å². The molecule has 2 aliphatic heterocycles. The molecule has 2 aromatic rings. The molecule has 6 heteroatoms. The lowest BCUT2D eigenvalue weighted by Crippen LogP contribution is -2.41. The molecular weight excluding hydrogens is 482 g/mol. The van der Waals surface area contributed by atoms with Crippen molar-refractivity contribution in [2.24, 2.45) is 0 Å². The molecule has 0 unspecified atom stereocenters. The molecule has 0 amide bonds. The molecule has 1 spiro atoms. The van der Waals surface area contributed by atoms with Gasteiger partial charge in [0.15, 0.2) is 0 Å². The zero-order valence-electron chi connectivity index (χ0n) is 26.2. The monoisotopic (exact) mass is 528 g/mol. The maximum Gasteiger partial charge on any atom is 0.494 e. The first-order valence-electron chi connectivity index (χ1n) is 14.7. The number of hydrogen-bond donors (Lipinski definition) is 0. The molecule has 6 rings (SSSR count). The Bertz CT molecular complexity index is 1220. The van der Waals surface area contributed by atoms with E-state index < -0.39 is 0 Å². The Hall–Kier alpha value is -1.59. The van der Waals surface area contributed by atoms with E-state index in [2.05, 4.69) is 119 Å². The first-order valence-corrected chi connectivity index (χ1v) is 14.7. The van der Waals surface area contributed by atoms with Gasteiger partial charge in [0.05, 0.1) is 22.4 Å². The van der Waals surface area contributed by atoms with E-state index in [1.807, 2.05) is 0 Å². The molecule has 2 heterocycles. The van der Waals surface area contributed by atoms with Crippen LogP contribution in [0.2, 0.25) is 0 Å². The molecule has 0 N–H and O–H groups in total. The minimum atomic E-state index is -0.369. The summed E-state index contributed by atoms with van der Waals surface area (Å²) in [4.78, 5) is 0. The van der Waals surface area contributed by atoms with Crippen molar-refractivity contribution >= 4 is 25.2 Å². The van der Waals surface area contributed by atoms with Crippen molar-refractivity contribution in [2.75, 3.05) is 0 Å². The van der Waals surface area contributed by atoms with Crippen LogP contribution in [0.5, 0.6) is 0 Å². The highest BCUT2D eigenvalue weighted by Gasteiger charge is 2.58. The van der Waals surface area contributed by atoms with Crippen LogP contribution < -0.4 is 10.9 Å². The first kappa shape index (κ1) is 27.6. The van der Waals surface area contributed by atoms with Crippen molar-refractivity contribution in [3.05, 3.63) is 58.7 Å². The Kier molecular flexibility index (Phi) is 5.53. The third kappa shape index (κ3) is 3.81. The van der Waals surface area contributed by atoms with Crippen LogP contribution in [0, 0.1) is 0 Å². The van der Waals surface area contributed by atoms with Gasteiger partial charge < -0.3 is 18.6 Å². The van der Waals surface area contributed by atoms with Gasteiger partial charge in [-0.1, -0.05) is 64.1 Å². The Labute approximate surface area is 236 Å². The highest BCUT2D eigenvalue weighted by atomic mass is 16.7. The lowest BCUT2D eigenvalue weighted by atomic mass is 9.69. The largest absolute Gasteiger partial charge is 0.494 e. The highest BCUT2D eigenvalue weighted by molar-refractivity contribution is 6.62. The second-order valence-corrected chi connectivity index (χ2v) is 16.0. The molecule has 0 bridgehead atoms. The predicted molar refractivity (Wildman–Crippen MR) is 160 cm³/mol. The second kappa shape index (κ2) is 7.82. The molecule has 2 saturated heterocycles. The van der Waals surface area contributed by atoms with Crippen LogP contribution in [0.3, 0.4) is 0 Å². The smallest absolute Gasteiger partial charge is 0.399 e. The van der Waals surface area contributed by atoms with E-state index in [1.54, 1.807) is 0 Å². The van der Waals surface area contributed by atoms with Gasteiger partial charge in [-0.05, 0) is 112 Å². The number of hydrogen-bond acceptors (Lipinski definition) is 4. The third-order valence-electron chi connectivity index (χ3n) is 11.1. The summed E-state index contributed by atoms with van der Waals surface area (Å²) >= 11 is 0. The lowest BCUT2D eigenvalue weighted by molar-refractivity contribution is 0.00578. The van der Waals surface area contributed by atoms with Gasteiger partial charge in [0, 0.05) is 5.41 Å². The summed E-state index contributed by atoms with van der Waals surface area (Å²) in [5, 5.41) is 0. The molecule has 2 fully saturated rings. The van der Waals surface area contributed by atoms with Crippen LogP contribution in [0.15, 0.2) is 36.4 Å². The van der Waals surface area contributed by atoms with E-state index in [0.717, 1.165) is 23.8 Å². The van der Waals surface area contributed by atoms with Crippen molar-refractivity contribution in [3.63, 3.8) is 0 Å². The van der Waals surface area contributed by atoms with E-state index in [-0.39, 0.29) is 52.9 Å². The summed E-state index contributed by atoms with van der Waals surface area (Å²) < 4.78 is 26.0.